The summed E-state index contributed by atoms with van der Waals surface area (Å²) in [6, 6.07) is 12.2. The van der Waals surface area contributed by atoms with E-state index >= 15 is 0 Å². The smallest absolute Gasteiger partial charge is 0.230 e. The lowest BCUT2D eigenvalue weighted by atomic mass is 10.1. The largest absolute Gasteiger partial charge is 0.305 e. The van der Waals surface area contributed by atoms with Crippen molar-refractivity contribution in [2.45, 2.75) is 31.7 Å². The summed E-state index contributed by atoms with van der Waals surface area (Å²) in [4.78, 5) is 18.8. The van der Waals surface area contributed by atoms with Gasteiger partial charge in [0.05, 0.1) is 11.4 Å². The molecule has 0 atom stereocenters. The number of halogens is 1. The van der Waals surface area contributed by atoms with Gasteiger partial charge in [-0.3, -0.25) is 9.69 Å². The number of carbonyl (C=O) groups excluding carboxylic acids is 1. The van der Waals surface area contributed by atoms with Crippen LogP contribution in [0, 0.1) is 19.7 Å². The number of amides is 1. The second kappa shape index (κ2) is 9.22. The zero-order chi connectivity index (χ0) is 22.8. The van der Waals surface area contributed by atoms with Crippen LogP contribution in [0.5, 0.6) is 0 Å². The molecule has 2 aromatic heterocycles. The monoisotopic (exact) mass is 467 g/mol. The molecule has 0 saturated heterocycles. The van der Waals surface area contributed by atoms with Crippen LogP contribution in [0.25, 0.3) is 11.4 Å². The summed E-state index contributed by atoms with van der Waals surface area (Å²) in [5, 5.41) is 11.8. The third-order valence-electron chi connectivity index (χ3n) is 4.93. The first-order chi connectivity index (χ1) is 15.3. The first kappa shape index (κ1) is 22.2. The number of benzene rings is 2. The van der Waals surface area contributed by atoms with Gasteiger partial charge in [0.15, 0.2) is 16.1 Å². The first-order valence-electron chi connectivity index (χ1n) is 9.94. The number of hydrogen-bond acceptors (Lipinski definition) is 6. The van der Waals surface area contributed by atoms with Gasteiger partial charge < -0.3 is 4.57 Å². The number of rotatable bonds is 6. The zero-order valence-electron chi connectivity index (χ0n) is 18.2. The molecule has 2 aromatic carbocycles. The Morgan fingerprint density at radius 3 is 2.59 bits per heavy atom. The highest BCUT2D eigenvalue weighted by Gasteiger charge is 2.20. The Balaban J connectivity index is 1.51. The van der Waals surface area contributed by atoms with Gasteiger partial charge in [0.25, 0.3) is 0 Å². The summed E-state index contributed by atoms with van der Waals surface area (Å²) in [5.41, 5.74) is 4.68. The molecule has 164 valence electrons. The fourth-order valence-electron chi connectivity index (χ4n) is 3.36. The number of hydrogen-bond donors (Lipinski definition) is 0. The number of carbonyl (C=O) groups is 1. The maximum Gasteiger partial charge on any atom is 0.230 e. The summed E-state index contributed by atoms with van der Waals surface area (Å²) >= 11 is 2.95. The average molecular weight is 468 g/mol. The molecule has 0 aliphatic rings. The number of nitrogens with zero attached hydrogens (tertiary/aromatic N) is 5. The maximum absolute atomic E-state index is 13.2. The van der Waals surface area contributed by atoms with E-state index in [0.717, 1.165) is 33.2 Å². The zero-order valence-corrected chi connectivity index (χ0v) is 19.8. The average Bonchev–Trinajstić information content (AvgIpc) is 3.35. The summed E-state index contributed by atoms with van der Waals surface area (Å²) in [5.74, 6) is 0.891. The van der Waals surface area contributed by atoms with Crippen LogP contribution in [0.1, 0.15) is 23.7 Å². The highest BCUT2D eigenvalue weighted by atomic mass is 32.2. The second-order valence-electron chi connectivity index (χ2n) is 7.43. The van der Waals surface area contributed by atoms with Gasteiger partial charge in [-0.1, -0.05) is 29.5 Å². The van der Waals surface area contributed by atoms with E-state index in [4.69, 9.17) is 4.98 Å². The third kappa shape index (κ3) is 4.58. The Morgan fingerprint density at radius 2 is 1.91 bits per heavy atom. The highest BCUT2D eigenvalue weighted by Crippen LogP contribution is 2.33. The first-order valence-corrected chi connectivity index (χ1v) is 11.8. The van der Waals surface area contributed by atoms with E-state index in [-0.39, 0.29) is 11.7 Å². The Morgan fingerprint density at radius 1 is 1.16 bits per heavy atom. The molecule has 6 nitrogen and oxygen atoms in total. The summed E-state index contributed by atoms with van der Waals surface area (Å²) < 4.78 is 15.1. The van der Waals surface area contributed by atoms with Crippen LogP contribution in [0.4, 0.5) is 15.2 Å². The summed E-state index contributed by atoms with van der Waals surface area (Å²) in [7, 11) is 1.88. The topological polar surface area (TPSA) is 63.9 Å². The van der Waals surface area contributed by atoms with E-state index in [1.807, 2.05) is 43.0 Å². The van der Waals surface area contributed by atoms with Crippen LogP contribution in [0.2, 0.25) is 0 Å². The van der Waals surface area contributed by atoms with Gasteiger partial charge in [-0.25, -0.2) is 9.37 Å². The van der Waals surface area contributed by atoms with Crippen molar-refractivity contribution in [3.05, 3.63) is 70.5 Å². The molecule has 4 rings (SSSR count). The minimum absolute atomic E-state index is 0.0808. The lowest BCUT2D eigenvalue weighted by Gasteiger charge is -2.20. The van der Waals surface area contributed by atoms with Crippen molar-refractivity contribution in [3.8, 4) is 11.4 Å². The van der Waals surface area contributed by atoms with Gasteiger partial charge in [-0.15, -0.1) is 21.5 Å². The van der Waals surface area contributed by atoms with Crippen LogP contribution < -0.4 is 4.90 Å². The van der Waals surface area contributed by atoms with Crippen molar-refractivity contribution in [3.63, 3.8) is 0 Å². The maximum atomic E-state index is 13.2. The Hall–Kier alpha value is -3.04. The number of thiazole rings is 1. The van der Waals surface area contributed by atoms with Crippen LogP contribution in [-0.2, 0) is 17.6 Å². The molecule has 1 amide bonds. The molecule has 0 spiro atoms. The fourth-order valence-corrected chi connectivity index (χ4v) is 5.15. The molecule has 4 aromatic rings. The lowest BCUT2D eigenvalue weighted by molar-refractivity contribution is -0.115. The molecule has 0 aliphatic carbocycles. The molecule has 0 saturated carbocycles. The molecule has 0 N–H and O–H groups in total. The van der Waals surface area contributed by atoms with E-state index in [9.17, 15) is 9.18 Å². The van der Waals surface area contributed by atoms with Crippen LogP contribution in [0.3, 0.4) is 0 Å². The Labute approximate surface area is 194 Å². The summed E-state index contributed by atoms with van der Waals surface area (Å²) in [6.07, 6.45) is 0. The van der Waals surface area contributed by atoms with Gasteiger partial charge in [-0.05, 0) is 49.7 Å². The van der Waals surface area contributed by atoms with E-state index in [1.165, 1.54) is 35.2 Å². The minimum Gasteiger partial charge on any atom is -0.305 e. The quantitative estimate of drug-likeness (QED) is 0.342. The van der Waals surface area contributed by atoms with Crippen molar-refractivity contribution in [2.24, 2.45) is 7.05 Å². The molecule has 0 radical (unpaired) electrons. The predicted octanol–water partition coefficient (Wildman–Crippen LogP) is 5.67. The van der Waals surface area contributed by atoms with E-state index in [0.29, 0.717) is 16.7 Å². The van der Waals surface area contributed by atoms with E-state index < -0.39 is 0 Å². The molecule has 0 aliphatic heterocycles. The Kier molecular flexibility index (Phi) is 6.38. The minimum atomic E-state index is -0.287. The molecule has 0 fully saturated rings. The number of aromatic nitrogens is 4. The van der Waals surface area contributed by atoms with Gasteiger partial charge in [-0.2, -0.15) is 0 Å². The fraction of sp³-hybridized carbons (Fsp3) is 0.217. The molecule has 2 heterocycles. The molecule has 0 bridgehead atoms. The molecule has 0 unspecified atom stereocenters. The van der Waals surface area contributed by atoms with Crippen molar-refractivity contribution in [1.82, 2.24) is 19.7 Å². The third-order valence-corrected chi connectivity index (χ3v) is 6.85. The SMILES string of the molecule is CC(=O)N(c1nc(CSc2nnc(-c3ccc(F)cc3)n2C)cs1)c1ccc(C)cc1C. The predicted molar refractivity (Wildman–Crippen MR) is 127 cm³/mol. The molecular formula is C23H22FN5OS2. The second-order valence-corrected chi connectivity index (χ2v) is 9.21. The lowest BCUT2D eigenvalue weighted by Crippen LogP contribution is -2.23. The Bertz CT molecular complexity index is 1270. The van der Waals surface area contributed by atoms with Crippen LogP contribution >= 0.6 is 23.1 Å². The molecule has 9 heteroatoms. The van der Waals surface area contributed by atoms with Crippen molar-refractivity contribution < 1.29 is 9.18 Å². The molecular weight excluding hydrogens is 445 g/mol. The standard InChI is InChI=1S/C23H22FN5OS2/c1-14-5-10-20(15(2)11-14)29(16(3)30)22-25-19(12-31-22)13-32-23-27-26-21(28(23)4)17-6-8-18(24)9-7-17/h5-12H,13H2,1-4H3. The van der Waals surface area contributed by atoms with E-state index in [1.54, 1.807) is 24.0 Å². The van der Waals surface area contributed by atoms with Crippen molar-refractivity contribution in [2.75, 3.05) is 4.90 Å². The van der Waals surface area contributed by atoms with Gasteiger partial charge in [0, 0.05) is 30.7 Å². The van der Waals surface area contributed by atoms with Crippen LogP contribution in [0.15, 0.2) is 53.0 Å². The van der Waals surface area contributed by atoms with Gasteiger partial charge in [0.2, 0.25) is 5.91 Å². The van der Waals surface area contributed by atoms with Crippen molar-refractivity contribution in [1.29, 1.82) is 0 Å². The number of thioether (sulfide) groups is 1. The van der Waals surface area contributed by atoms with Gasteiger partial charge >= 0.3 is 0 Å². The molecule has 32 heavy (non-hydrogen) atoms. The van der Waals surface area contributed by atoms with Crippen LogP contribution in [-0.4, -0.2) is 25.7 Å². The van der Waals surface area contributed by atoms with Crippen molar-refractivity contribution >= 4 is 39.8 Å². The van der Waals surface area contributed by atoms with Gasteiger partial charge in [0.1, 0.15) is 5.82 Å². The number of aryl methyl sites for hydroxylation is 2. The van der Waals surface area contributed by atoms with E-state index in [2.05, 4.69) is 16.3 Å². The highest BCUT2D eigenvalue weighted by molar-refractivity contribution is 7.98. The number of anilines is 2. The summed E-state index contributed by atoms with van der Waals surface area (Å²) in [6.45, 7) is 5.57. The normalized spacial score (nSPS) is 11.0.